The summed E-state index contributed by atoms with van der Waals surface area (Å²) in [4.78, 5) is 28.0. The summed E-state index contributed by atoms with van der Waals surface area (Å²) in [6.07, 6.45) is -0.950. The van der Waals surface area contributed by atoms with Crippen molar-refractivity contribution in [3.05, 3.63) is 89.5 Å². The van der Waals surface area contributed by atoms with Gasteiger partial charge in [0.05, 0.1) is 6.61 Å². The molecule has 12 nitrogen and oxygen atoms in total. The van der Waals surface area contributed by atoms with E-state index >= 15 is 0 Å². The molecule has 3 rings (SSSR count). The molecule has 0 saturated heterocycles. The van der Waals surface area contributed by atoms with Crippen LogP contribution >= 0.6 is 7.82 Å². The Morgan fingerprint density at radius 2 is 0.907 bits per heavy atom. The van der Waals surface area contributed by atoms with Crippen LogP contribution in [0.25, 0.3) is 0 Å². The van der Waals surface area contributed by atoms with Gasteiger partial charge >= 0.3 is 13.8 Å². The lowest BCUT2D eigenvalue weighted by Gasteiger charge is -2.19. The number of ether oxygens (including phenoxy) is 1. The molecule has 13 heteroatoms. The number of aliphatic hydroxyl groups is 2. The summed E-state index contributed by atoms with van der Waals surface area (Å²) in [5.41, 5.74) is 3.23. The fourth-order valence-corrected chi connectivity index (χ4v) is 3.76. The number of carbonyl (C=O) groups is 3. The molecule has 0 radical (unpaired) electrons. The number of carboxylic acid groups (broad SMARTS) is 2. The Morgan fingerprint density at radius 1 is 0.651 bits per heavy atom. The zero-order valence-corrected chi connectivity index (χ0v) is 25.8. The van der Waals surface area contributed by atoms with Gasteiger partial charge in [0.2, 0.25) is 0 Å². The molecule has 0 spiro atoms. The van der Waals surface area contributed by atoms with E-state index in [0.717, 1.165) is 30.5 Å². The number of rotatable bonds is 9. The predicted molar refractivity (Wildman–Crippen MR) is 159 cm³/mol. The van der Waals surface area contributed by atoms with Crippen molar-refractivity contribution in [2.24, 2.45) is 0 Å². The average Bonchev–Trinajstić information content (AvgIpc) is 2.91. The summed E-state index contributed by atoms with van der Waals surface area (Å²) in [6, 6.07) is 21.6. The van der Waals surface area contributed by atoms with E-state index in [-0.39, 0.29) is 13.2 Å². The SMILES string of the molecule is CC(=O)O.CC(=O)O.CC(=O)OCC(O)CO.Cc1ccc(OP(=O)(Oc2ccc(C)cc2)Oc2ccc(C)cc2)cc1. The van der Waals surface area contributed by atoms with E-state index in [2.05, 4.69) is 4.74 Å². The number of phosphoric ester groups is 1. The molecule has 3 aromatic carbocycles. The van der Waals surface area contributed by atoms with E-state index in [1.807, 2.05) is 57.2 Å². The van der Waals surface area contributed by atoms with Crippen molar-refractivity contribution in [3.8, 4) is 17.2 Å². The lowest BCUT2D eigenvalue weighted by molar-refractivity contribution is -0.144. The summed E-state index contributed by atoms with van der Waals surface area (Å²) < 4.78 is 34.6. The van der Waals surface area contributed by atoms with Gasteiger partial charge in [-0.3, -0.25) is 14.4 Å². The molecule has 4 N–H and O–H groups in total. The molecule has 0 aliphatic rings. The highest BCUT2D eigenvalue weighted by molar-refractivity contribution is 7.49. The molecule has 0 aromatic heterocycles. The van der Waals surface area contributed by atoms with Crippen molar-refractivity contribution < 1.29 is 57.7 Å². The smallest absolute Gasteiger partial charge is 0.481 e. The Balaban J connectivity index is 0.000000855. The molecule has 1 atom stereocenters. The molecule has 3 aromatic rings. The van der Waals surface area contributed by atoms with Gasteiger partial charge in [0.15, 0.2) is 0 Å². The predicted octanol–water partition coefficient (Wildman–Crippen LogP) is 5.34. The normalized spacial score (nSPS) is 10.5. The number of carbonyl (C=O) groups excluding carboxylic acids is 1. The van der Waals surface area contributed by atoms with Crippen molar-refractivity contribution in [1.82, 2.24) is 0 Å². The summed E-state index contributed by atoms with van der Waals surface area (Å²) in [6.45, 7) is 8.79. The van der Waals surface area contributed by atoms with E-state index < -0.39 is 31.8 Å². The van der Waals surface area contributed by atoms with Gasteiger partial charge < -0.3 is 38.7 Å². The molecule has 0 aliphatic carbocycles. The first kappa shape index (κ1) is 38.6. The minimum Gasteiger partial charge on any atom is -0.481 e. The summed E-state index contributed by atoms with van der Waals surface area (Å²) >= 11 is 0. The van der Waals surface area contributed by atoms with Crippen LogP contribution in [0.1, 0.15) is 37.5 Å². The maximum Gasteiger partial charge on any atom is 0.647 e. The number of aliphatic carboxylic acids is 2. The van der Waals surface area contributed by atoms with Gasteiger partial charge in [0.25, 0.3) is 11.9 Å². The second kappa shape index (κ2) is 20.5. The van der Waals surface area contributed by atoms with Gasteiger partial charge in [-0.1, -0.05) is 53.1 Å². The number of aryl methyl sites for hydroxylation is 3. The van der Waals surface area contributed by atoms with Crippen LogP contribution in [-0.4, -0.2) is 57.7 Å². The second-order valence-corrected chi connectivity index (χ2v) is 10.3. The van der Waals surface area contributed by atoms with Crippen molar-refractivity contribution in [3.63, 3.8) is 0 Å². The molecular formula is C30H39O12P. The van der Waals surface area contributed by atoms with Crippen molar-refractivity contribution in [2.75, 3.05) is 13.2 Å². The van der Waals surface area contributed by atoms with Crippen LogP contribution in [0.2, 0.25) is 0 Å². The average molecular weight is 623 g/mol. The van der Waals surface area contributed by atoms with Crippen LogP contribution in [0.5, 0.6) is 17.2 Å². The number of benzene rings is 3. The largest absolute Gasteiger partial charge is 0.647 e. The van der Waals surface area contributed by atoms with Crippen LogP contribution in [0, 0.1) is 20.8 Å². The summed E-state index contributed by atoms with van der Waals surface area (Å²) in [7, 11) is -3.93. The number of hydrogen-bond donors (Lipinski definition) is 4. The molecule has 43 heavy (non-hydrogen) atoms. The zero-order chi connectivity index (χ0) is 33.0. The lowest BCUT2D eigenvalue weighted by Crippen LogP contribution is -2.20. The summed E-state index contributed by atoms with van der Waals surface area (Å²) in [5, 5.41) is 31.6. The molecule has 0 bridgehead atoms. The van der Waals surface area contributed by atoms with Gasteiger partial charge in [-0.25, -0.2) is 0 Å². The Hall–Kier alpha value is -4.38. The topological polar surface area (TPSA) is 186 Å². The molecular weight excluding hydrogens is 583 g/mol. The van der Waals surface area contributed by atoms with Crippen LogP contribution in [0.15, 0.2) is 72.8 Å². The van der Waals surface area contributed by atoms with Crippen LogP contribution < -0.4 is 13.6 Å². The molecule has 0 amide bonds. The van der Waals surface area contributed by atoms with E-state index in [9.17, 15) is 9.36 Å². The van der Waals surface area contributed by atoms with E-state index in [4.69, 9.17) is 43.6 Å². The van der Waals surface area contributed by atoms with Crippen molar-refractivity contribution >= 4 is 25.7 Å². The van der Waals surface area contributed by atoms with E-state index in [1.165, 1.54) is 6.92 Å². The number of phosphoric acid groups is 1. The van der Waals surface area contributed by atoms with Crippen molar-refractivity contribution in [2.45, 2.75) is 47.6 Å². The monoisotopic (exact) mass is 622 g/mol. The number of hydrogen-bond acceptors (Lipinski definition) is 10. The fourth-order valence-electron chi connectivity index (χ4n) is 2.51. The van der Waals surface area contributed by atoms with Crippen LogP contribution in [-0.2, 0) is 23.7 Å². The van der Waals surface area contributed by atoms with Crippen LogP contribution in [0.4, 0.5) is 0 Å². The number of carboxylic acids is 2. The number of aliphatic hydroxyl groups excluding tert-OH is 2. The van der Waals surface area contributed by atoms with Crippen LogP contribution in [0.3, 0.4) is 0 Å². The van der Waals surface area contributed by atoms with E-state index in [1.54, 1.807) is 36.4 Å². The molecule has 0 fully saturated rings. The third-order valence-corrected chi connectivity index (χ3v) is 5.71. The standard InChI is InChI=1S/C21H21O4P.C5H10O4.2C2H4O2/c1-16-4-10-19(11-5-16)23-26(22,24-20-12-6-17(2)7-13-20)25-21-14-8-18(3)9-15-21;1-4(7)9-3-5(8)2-6;2*1-2(3)4/h4-15H,1-3H3;5-6,8H,2-3H2,1H3;2*1H3,(H,3,4). The second-order valence-electron chi connectivity index (χ2n) is 8.84. The first-order valence-electron chi connectivity index (χ1n) is 12.8. The summed E-state index contributed by atoms with van der Waals surface area (Å²) in [5.74, 6) is -0.878. The Kier molecular flexibility index (Phi) is 18.4. The molecule has 1 unspecified atom stereocenters. The highest BCUT2D eigenvalue weighted by Crippen LogP contribution is 2.49. The maximum absolute atomic E-state index is 13.3. The van der Waals surface area contributed by atoms with E-state index in [0.29, 0.717) is 17.2 Å². The molecule has 0 aliphatic heterocycles. The van der Waals surface area contributed by atoms with Gasteiger partial charge in [0.1, 0.15) is 30.0 Å². The third kappa shape index (κ3) is 21.0. The Morgan fingerprint density at radius 3 is 1.12 bits per heavy atom. The fraction of sp³-hybridized carbons (Fsp3) is 0.300. The highest BCUT2D eigenvalue weighted by atomic mass is 31.2. The first-order valence-corrected chi connectivity index (χ1v) is 14.2. The first-order chi connectivity index (χ1) is 20.0. The van der Waals surface area contributed by atoms with Gasteiger partial charge in [-0.2, -0.15) is 4.57 Å². The Labute approximate surface area is 251 Å². The van der Waals surface area contributed by atoms with Gasteiger partial charge in [-0.15, -0.1) is 0 Å². The lowest BCUT2D eigenvalue weighted by atomic mass is 10.2. The van der Waals surface area contributed by atoms with Gasteiger partial charge in [0, 0.05) is 20.8 Å². The van der Waals surface area contributed by atoms with Gasteiger partial charge in [-0.05, 0) is 57.2 Å². The minimum atomic E-state index is -3.93. The highest BCUT2D eigenvalue weighted by Gasteiger charge is 2.33. The minimum absolute atomic E-state index is 0.133. The molecule has 236 valence electrons. The quantitative estimate of drug-likeness (QED) is 0.178. The Bertz CT molecular complexity index is 1150. The molecule has 0 saturated carbocycles. The zero-order valence-electron chi connectivity index (χ0n) is 24.9. The third-order valence-electron chi connectivity index (χ3n) is 4.40. The number of esters is 1. The van der Waals surface area contributed by atoms with Crippen molar-refractivity contribution in [1.29, 1.82) is 0 Å². The maximum atomic E-state index is 13.3. The molecule has 0 heterocycles.